The summed E-state index contributed by atoms with van der Waals surface area (Å²) >= 11 is 0. The summed E-state index contributed by atoms with van der Waals surface area (Å²) in [6.45, 7) is 0.671. The van der Waals surface area contributed by atoms with Gasteiger partial charge in [-0.2, -0.15) is 0 Å². The molecule has 6 heteroatoms. The van der Waals surface area contributed by atoms with Crippen LogP contribution in [-0.2, 0) is 21.2 Å². The maximum atomic E-state index is 12.8. The molecule has 1 aromatic carbocycles. The largest absolute Gasteiger partial charge is 0.312 e. The van der Waals surface area contributed by atoms with Crippen molar-refractivity contribution >= 4 is 21.6 Å². The minimum Gasteiger partial charge on any atom is -0.312 e. The molecule has 1 amide bonds. The van der Waals surface area contributed by atoms with E-state index in [9.17, 15) is 13.2 Å². The number of nitrogens with one attached hydrogen (secondary N) is 1. The van der Waals surface area contributed by atoms with E-state index in [0.29, 0.717) is 11.4 Å². The number of hydrogen-bond acceptors (Lipinski definition) is 3. The summed E-state index contributed by atoms with van der Waals surface area (Å²) in [6, 6.07) is 5.29. The van der Waals surface area contributed by atoms with Crippen LogP contribution >= 0.6 is 0 Å². The van der Waals surface area contributed by atoms with Crippen LogP contribution in [0.3, 0.4) is 0 Å². The van der Waals surface area contributed by atoms with Crippen molar-refractivity contribution < 1.29 is 13.2 Å². The summed E-state index contributed by atoms with van der Waals surface area (Å²) in [6.07, 6.45) is 10.3. The highest BCUT2D eigenvalue weighted by atomic mass is 32.2. The third-order valence-electron chi connectivity index (χ3n) is 6.15. The van der Waals surface area contributed by atoms with Crippen LogP contribution in [0.25, 0.3) is 0 Å². The van der Waals surface area contributed by atoms with Crippen molar-refractivity contribution in [3.63, 3.8) is 0 Å². The third kappa shape index (κ3) is 3.54. The lowest BCUT2D eigenvalue weighted by Crippen LogP contribution is -2.37. The lowest BCUT2D eigenvalue weighted by atomic mass is 9.84. The maximum Gasteiger partial charge on any atom is 0.240 e. The van der Waals surface area contributed by atoms with Crippen molar-refractivity contribution in [1.82, 2.24) is 4.72 Å². The zero-order valence-electron chi connectivity index (χ0n) is 15.2. The van der Waals surface area contributed by atoms with Gasteiger partial charge < -0.3 is 4.90 Å². The van der Waals surface area contributed by atoms with Gasteiger partial charge in [0.15, 0.2) is 0 Å². The highest BCUT2D eigenvalue weighted by Crippen LogP contribution is 2.35. The van der Waals surface area contributed by atoms with Crippen LogP contribution in [0.5, 0.6) is 0 Å². The number of hydrogen-bond donors (Lipinski definition) is 1. The second kappa shape index (κ2) is 7.31. The maximum absolute atomic E-state index is 12.8. The molecule has 4 rings (SSSR count). The van der Waals surface area contributed by atoms with E-state index in [1.165, 1.54) is 12.8 Å². The van der Waals surface area contributed by atoms with E-state index in [4.69, 9.17) is 0 Å². The lowest BCUT2D eigenvalue weighted by Gasteiger charge is -2.29. The van der Waals surface area contributed by atoms with Crippen LogP contribution < -0.4 is 9.62 Å². The molecule has 2 saturated carbocycles. The Morgan fingerprint density at radius 3 is 2.38 bits per heavy atom. The van der Waals surface area contributed by atoms with Gasteiger partial charge in [0.25, 0.3) is 0 Å². The Hall–Kier alpha value is -1.40. The van der Waals surface area contributed by atoms with Gasteiger partial charge in [-0.1, -0.05) is 32.1 Å². The Morgan fingerprint density at radius 2 is 1.73 bits per heavy atom. The van der Waals surface area contributed by atoms with Crippen LogP contribution in [0.1, 0.15) is 63.4 Å². The number of rotatable bonds is 4. The number of carbonyl (C=O) groups is 1. The van der Waals surface area contributed by atoms with Gasteiger partial charge in [-0.15, -0.1) is 0 Å². The van der Waals surface area contributed by atoms with Crippen LogP contribution in [0.15, 0.2) is 23.1 Å². The van der Waals surface area contributed by atoms with E-state index in [1.807, 2.05) is 11.0 Å². The van der Waals surface area contributed by atoms with E-state index >= 15 is 0 Å². The lowest BCUT2D eigenvalue weighted by molar-refractivity contribution is -0.124. The highest BCUT2D eigenvalue weighted by Gasteiger charge is 2.34. The second-order valence-corrected chi connectivity index (χ2v) is 9.68. The first-order chi connectivity index (χ1) is 12.5. The molecule has 0 aromatic heterocycles. The molecule has 1 heterocycles. The molecule has 2 fully saturated rings. The van der Waals surface area contributed by atoms with Crippen molar-refractivity contribution in [1.29, 1.82) is 0 Å². The predicted octanol–water partition coefficient (Wildman–Crippen LogP) is 3.38. The van der Waals surface area contributed by atoms with Gasteiger partial charge in [-0.25, -0.2) is 13.1 Å². The van der Waals surface area contributed by atoms with Crippen molar-refractivity contribution in [2.75, 3.05) is 11.4 Å². The van der Waals surface area contributed by atoms with Gasteiger partial charge in [0.2, 0.25) is 15.9 Å². The van der Waals surface area contributed by atoms with Gasteiger partial charge in [0, 0.05) is 24.2 Å². The monoisotopic (exact) mass is 376 g/mol. The number of anilines is 1. The molecule has 0 atom stereocenters. The van der Waals surface area contributed by atoms with Crippen molar-refractivity contribution in [2.24, 2.45) is 5.92 Å². The van der Waals surface area contributed by atoms with Gasteiger partial charge in [0.1, 0.15) is 0 Å². The molecule has 3 aliphatic rings. The van der Waals surface area contributed by atoms with Gasteiger partial charge >= 0.3 is 0 Å². The second-order valence-electron chi connectivity index (χ2n) is 7.97. The van der Waals surface area contributed by atoms with Crippen LogP contribution in [0.2, 0.25) is 0 Å². The third-order valence-corrected chi connectivity index (χ3v) is 7.67. The van der Waals surface area contributed by atoms with Crippen LogP contribution in [0, 0.1) is 5.92 Å². The number of nitrogens with zero attached hydrogens (tertiary/aromatic N) is 1. The molecule has 0 spiro atoms. The first-order valence-corrected chi connectivity index (χ1v) is 11.5. The van der Waals surface area contributed by atoms with E-state index in [-0.39, 0.29) is 17.9 Å². The molecule has 0 saturated heterocycles. The summed E-state index contributed by atoms with van der Waals surface area (Å²) < 4.78 is 28.5. The molecule has 5 nitrogen and oxygen atoms in total. The SMILES string of the molecule is O=C(C1CCC1)N1CCc2cc(S(=O)(=O)NC3CCCCCC3)ccc21. The molecule has 26 heavy (non-hydrogen) atoms. The number of amides is 1. The van der Waals surface area contributed by atoms with Crippen LogP contribution in [0.4, 0.5) is 5.69 Å². The molecule has 142 valence electrons. The fourth-order valence-electron chi connectivity index (χ4n) is 4.33. The van der Waals surface area contributed by atoms with Crippen molar-refractivity contribution in [2.45, 2.75) is 75.1 Å². The van der Waals surface area contributed by atoms with Crippen molar-refractivity contribution in [3.8, 4) is 0 Å². The summed E-state index contributed by atoms with van der Waals surface area (Å²) in [7, 11) is -3.50. The minimum absolute atomic E-state index is 0.0486. The fraction of sp³-hybridized carbons (Fsp3) is 0.650. The number of sulfonamides is 1. The quantitative estimate of drug-likeness (QED) is 0.819. The standard InChI is InChI=1S/C20H28N2O3S/c23-20(15-6-5-7-15)22-13-12-16-14-18(10-11-19(16)22)26(24,25)21-17-8-3-1-2-4-9-17/h10-11,14-15,17,21H,1-9,12-13H2. The Bertz CT molecular complexity index is 778. The molecule has 0 bridgehead atoms. The number of carbonyl (C=O) groups excluding carboxylic acids is 1. The fourth-order valence-corrected chi connectivity index (χ4v) is 5.69. The smallest absolute Gasteiger partial charge is 0.240 e. The number of benzene rings is 1. The summed E-state index contributed by atoms with van der Waals surface area (Å²) in [5.41, 5.74) is 1.87. The topological polar surface area (TPSA) is 66.5 Å². The Labute approximate surface area is 156 Å². The minimum atomic E-state index is -3.50. The summed E-state index contributed by atoms with van der Waals surface area (Å²) in [5.74, 6) is 0.378. The highest BCUT2D eigenvalue weighted by molar-refractivity contribution is 7.89. The first kappa shape index (κ1) is 18.0. The van der Waals surface area contributed by atoms with Gasteiger partial charge in [-0.3, -0.25) is 4.79 Å². The summed E-state index contributed by atoms with van der Waals surface area (Å²) in [5, 5.41) is 0. The normalized spacial score (nSPS) is 21.9. The summed E-state index contributed by atoms with van der Waals surface area (Å²) in [4.78, 5) is 14.8. The molecular formula is C20H28N2O3S. The molecular weight excluding hydrogens is 348 g/mol. The Morgan fingerprint density at radius 1 is 1.00 bits per heavy atom. The molecule has 2 aliphatic carbocycles. The Kier molecular flexibility index (Phi) is 5.06. The molecule has 1 aliphatic heterocycles. The zero-order valence-corrected chi connectivity index (χ0v) is 16.1. The molecule has 1 N–H and O–H groups in total. The first-order valence-electron chi connectivity index (χ1n) is 10.0. The average molecular weight is 377 g/mol. The molecule has 0 radical (unpaired) electrons. The predicted molar refractivity (Wildman–Crippen MR) is 102 cm³/mol. The Balaban J connectivity index is 1.50. The van der Waals surface area contributed by atoms with E-state index < -0.39 is 10.0 Å². The van der Waals surface area contributed by atoms with Gasteiger partial charge in [-0.05, 0) is 55.9 Å². The molecule has 0 unspecified atom stereocenters. The average Bonchev–Trinajstić information content (AvgIpc) is 2.83. The van der Waals surface area contributed by atoms with E-state index in [0.717, 1.165) is 62.6 Å². The van der Waals surface area contributed by atoms with E-state index in [1.54, 1.807) is 12.1 Å². The molecule has 1 aromatic rings. The van der Waals surface area contributed by atoms with Crippen molar-refractivity contribution in [3.05, 3.63) is 23.8 Å². The van der Waals surface area contributed by atoms with Crippen LogP contribution in [-0.4, -0.2) is 26.9 Å². The number of fused-ring (bicyclic) bond motifs is 1. The van der Waals surface area contributed by atoms with Gasteiger partial charge in [0.05, 0.1) is 4.90 Å². The van der Waals surface area contributed by atoms with E-state index in [2.05, 4.69) is 4.72 Å². The zero-order chi connectivity index (χ0) is 18.1.